The Hall–Kier alpha value is -0.530. The van der Waals surface area contributed by atoms with Crippen molar-refractivity contribution in [3.05, 3.63) is 0 Å². The van der Waals surface area contributed by atoms with Crippen molar-refractivity contribution in [2.24, 2.45) is 22.7 Å². The minimum Gasteiger partial charge on any atom is -0.353 e. The van der Waals surface area contributed by atoms with Gasteiger partial charge in [0.25, 0.3) is 0 Å². The zero-order chi connectivity index (χ0) is 13.6. The lowest BCUT2D eigenvalue weighted by Crippen LogP contribution is -2.45. The lowest BCUT2D eigenvalue weighted by Gasteiger charge is -2.48. The van der Waals surface area contributed by atoms with Crippen LogP contribution < -0.4 is 5.32 Å². The fourth-order valence-corrected chi connectivity index (χ4v) is 4.83. The molecule has 1 aliphatic carbocycles. The highest BCUT2D eigenvalue weighted by atomic mass is 16.2. The smallest absolute Gasteiger partial charge is 0.220 e. The van der Waals surface area contributed by atoms with Crippen LogP contribution in [0.4, 0.5) is 0 Å². The summed E-state index contributed by atoms with van der Waals surface area (Å²) >= 11 is 0. The van der Waals surface area contributed by atoms with Crippen LogP contribution in [0.25, 0.3) is 0 Å². The van der Waals surface area contributed by atoms with Gasteiger partial charge in [-0.2, -0.15) is 0 Å². The second-order valence-corrected chi connectivity index (χ2v) is 8.14. The molecule has 1 saturated carbocycles. The standard InChI is InChI=1S/C16H29NO/c1-11(2)6-13-16(9-14(18)17-13)8-12(3)7-15(4,5)10-16/h11-13H,6-10H2,1-5H3,(H,17,18). The lowest BCUT2D eigenvalue weighted by molar-refractivity contribution is -0.120. The monoisotopic (exact) mass is 251 g/mol. The summed E-state index contributed by atoms with van der Waals surface area (Å²) in [5.74, 6) is 1.69. The van der Waals surface area contributed by atoms with Gasteiger partial charge in [-0.05, 0) is 42.9 Å². The van der Waals surface area contributed by atoms with Crippen molar-refractivity contribution in [3.63, 3.8) is 0 Å². The van der Waals surface area contributed by atoms with E-state index in [1.54, 1.807) is 0 Å². The van der Waals surface area contributed by atoms with Crippen molar-refractivity contribution in [2.45, 2.75) is 72.8 Å². The van der Waals surface area contributed by atoms with Gasteiger partial charge >= 0.3 is 0 Å². The predicted octanol–water partition coefficient (Wildman–Crippen LogP) is 3.75. The highest BCUT2D eigenvalue weighted by Crippen LogP contribution is 2.54. The third-order valence-electron chi connectivity index (χ3n) is 4.78. The maximum absolute atomic E-state index is 11.9. The Balaban J connectivity index is 2.23. The number of nitrogens with one attached hydrogen (secondary N) is 1. The summed E-state index contributed by atoms with van der Waals surface area (Å²) in [6.07, 6.45) is 5.64. The number of hydrogen-bond acceptors (Lipinski definition) is 1. The summed E-state index contributed by atoms with van der Waals surface area (Å²) in [6.45, 7) is 11.6. The molecule has 1 saturated heterocycles. The summed E-state index contributed by atoms with van der Waals surface area (Å²) in [4.78, 5) is 11.9. The average Bonchev–Trinajstić information content (AvgIpc) is 2.36. The number of carbonyl (C=O) groups excluding carboxylic acids is 1. The van der Waals surface area contributed by atoms with Gasteiger partial charge in [-0.25, -0.2) is 0 Å². The summed E-state index contributed by atoms with van der Waals surface area (Å²) in [5.41, 5.74) is 0.627. The Morgan fingerprint density at radius 2 is 2.00 bits per heavy atom. The van der Waals surface area contributed by atoms with E-state index in [-0.39, 0.29) is 11.3 Å². The van der Waals surface area contributed by atoms with Crippen molar-refractivity contribution in [3.8, 4) is 0 Å². The molecule has 1 aliphatic heterocycles. The first-order chi connectivity index (χ1) is 8.22. The summed E-state index contributed by atoms with van der Waals surface area (Å²) in [7, 11) is 0. The van der Waals surface area contributed by atoms with E-state index in [4.69, 9.17) is 0 Å². The van der Waals surface area contributed by atoms with E-state index < -0.39 is 0 Å². The molecule has 3 unspecified atom stereocenters. The molecule has 1 N–H and O–H groups in total. The van der Waals surface area contributed by atoms with Gasteiger partial charge in [0.1, 0.15) is 0 Å². The van der Waals surface area contributed by atoms with Crippen LogP contribution in [0, 0.1) is 22.7 Å². The van der Waals surface area contributed by atoms with Crippen LogP contribution in [0.2, 0.25) is 0 Å². The molecule has 0 radical (unpaired) electrons. The quantitative estimate of drug-likeness (QED) is 0.795. The third-order valence-corrected chi connectivity index (χ3v) is 4.78. The molecule has 0 bridgehead atoms. The molecular weight excluding hydrogens is 222 g/mol. The van der Waals surface area contributed by atoms with Gasteiger partial charge in [0.15, 0.2) is 0 Å². The average molecular weight is 251 g/mol. The third kappa shape index (κ3) is 2.73. The van der Waals surface area contributed by atoms with E-state index in [0.717, 1.165) is 18.8 Å². The summed E-state index contributed by atoms with van der Waals surface area (Å²) in [6, 6.07) is 0.409. The fourth-order valence-electron chi connectivity index (χ4n) is 4.83. The van der Waals surface area contributed by atoms with E-state index in [0.29, 0.717) is 17.4 Å². The Bertz CT molecular complexity index is 334. The maximum atomic E-state index is 11.9. The van der Waals surface area contributed by atoms with Crippen LogP contribution in [-0.4, -0.2) is 11.9 Å². The molecule has 2 aliphatic rings. The van der Waals surface area contributed by atoms with Crippen molar-refractivity contribution in [1.29, 1.82) is 0 Å². The zero-order valence-electron chi connectivity index (χ0n) is 12.7. The van der Waals surface area contributed by atoms with Crippen molar-refractivity contribution in [2.75, 3.05) is 0 Å². The molecule has 1 heterocycles. The first-order valence-electron chi connectivity index (χ1n) is 7.52. The van der Waals surface area contributed by atoms with Crippen molar-refractivity contribution >= 4 is 5.91 Å². The zero-order valence-corrected chi connectivity index (χ0v) is 12.7. The molecule has 18 heavy (non-hydrogen) atoms. The fraction of sp³-hybridized carbons (Fsp3) is 0.938. The molecular formula is C16H29NO. The Labute approximate surface area is 112 Å². The molecule has 0 aromatic heterocycles. The highest BCUT2D eigenvalue weighted by Gasteiger charge is 2.52. The molecule has 3 atom stereocenters. The Morgan fingerprint density at radius 3 is 2.56 bits per heavy atom. The molecule has 2 nitrogen and oxygen atoms in total. The van der Waals surface area contributed by atoms with Gasteiger partial charge in [0, 0.05) is 17.9 Å². The van der Waals surface area contributed by atoms with Crippen molar-refractivity contribution < 1.29 is 4.79 Å². The molecule has 2 fully saturated rings. The summed E-state index contributed by atoms with van der Waals surface area (Å²) in [5, 5.41) is 3.27. The van der Waals surface area contributed by atoms with Gasteiger partial charge in [-0.15, -0.1) is 0 Å². The first-order valence-corrected chi connectivity index (χ1v) is 7.52. The van der Waals surface area contributed by atoms with Crippen LogP contribution in [0.5, 0.6) is 0 Å². The van der Waals surface area contributed by atoms with E-state index in [2.05, 4.69) is 39.9 Å². The highest BCUT2D eigenvalue weighted by molar-refractivity contribution is 5.80. The number of carbonyl (C=O) groups is 1. The number of hydrogen-bond donors (Lipinski definition) is 1. The van der Waals surface area contributed by atoms with E-state index in [1.807, 2.05) is 0 Å². The van der Waals surface area contributed by atoms with Gasteiger partial charge in [0.05, 0.1) is 0 Å². The van der Waals surface area contributed by atoms with Gasteiger partial charge in [-0.1, -0.05) is 34.6 Å². The SMILES string of the molecule is CC(C)CC1NC(=O)CC12CC(C)CC(C)(C)C2. The van der Waals surface area contributed by atoms with Gasteiger partial charge in [0.2, 0.25) is 5.91 Å². The molecule has 104 valence electrons. The van der Waals surface area contributed by atoms with Crippen LogP contribution in [0.15, 0.2) is 0 Å². The van der Waals surface area contributed by atoms with E-state index in [1.165, 1.54) is 19.3 Å². The lowest BCUT2D eigenvalue weighted by atomic mass is 9.57. The second kappa shape index (κ2) is 4.54. The minimum atomic E-state index is 0.239. The molecule has 1 spiro atoms. The normalized spacial score (nSPS) is 39.3. The maximum Gasteiger partial charge on any atom is 0.220 e. The first kappa shape index (κ1) is 13.9. The second-order valence-electron chi connectivity index (χ2n) is 8.14. The van der Waals surface area contributed by atoms with Crippen LogP contribution in [0.1, 0.15) is 66.7 Å². The molecule has 0 aromatic rings. The molecule has 2 heteroatoms. The molecule has 2 rings (SSSR count). The van der Waals surface area contributed by atoms with Gasteiger partial charge in [-0.3, -0.25) is 4.79 Å². The van der Waals surface area contributed by atoms with Crippen LogP contribution >= 0.6 is 0 Å². The minimum absolute atomic E-state index is 0.239. The Morgan fingerprint density at radius 1 is 1.33 bits per heavy atom. The summed E-state index contributed by atoms with van der Waals surface area (Å²) < 4.78 is 0. The topological polar surface area (TPSA) is 29.1 Å². The Kier molecular flexibility index (Phi) is 3.50. The van der Waals surface area contributed by atoms with Crippen LogP contribution in [-0.2, 0) is 4.79 Å². The van der Waals surface area contributed by atoms with Crippen LogP contribution in [0.3, 0.4) is 0 Å². The predicted molar refractivity (Wildman–Crippen MR) is 75.2 cm³/mol. The molecule has 1 amide bonds. The number of rotatable bonds is 2. The largest absolute Gasteiger partial charge is 0.353 e. The van der Waals surface area contributed by atoms with Crippen molar-refractivity contribution in [1.82, 2.24) is 5.32 Å². The van der Waals surface area contributed by atoms with Gasteiger partial charge < -0.3 is 5.32 Å². The number of amides is 1. The van der Waals surface area contributed by atoms with E-state index in [9.17, 15) is 4.79 Å². The van der Waals surface area contributed by atoms with E-state index >= 15 is 0 Å². The molecule has 0 aromatic carbocycles.